The first-order valence-electron chi connectivity index (χ1n) is 4.84. The minimum absolute atomic E-state index is 0.168. The Morgan fingerprint density at radius 1 is 1.21 bits per heavy atom. The lowest BCUT2D eigenvalue weighted by Crippen LogP contribution is -2.10. The Morgan fingerprint density at radius 3 is 2.57 bits per heavy atom. The first-order valence-corrected chi connectivity index (χ1v) is 4.84. The molecule has 0 aliphatic rings. The Morgan fingerprint density at radius 2 is 1.93 bits per heavy atom. The van der Waals surface area contributed by atoms with Crippen LogP contribution in [0.15, 0.2) is 22.6 Å². The molecule has 0 aliphatic heterocycles. The maximum Gasteiger partial charge on any atom is 0.192 e. The SMILES string of the molecule is Cc1nc2cc(C(C)(C)C)ccc2o1. The summed E-state index contributed by atoms with van der Waals surface area (Å²) in [5, 5.41) is 0. The third kappa shape index (κ3) is 1.52. The van der Waals surface area contributed by atoms with Gasteiger partial charge in [-0.1, -0.05) is 26.8 Å². The molecule has 0 unspecified atom stereocenters. The quantitative estimate of drug-likeness (QED) is 0.634. The van der Waals surface area contributed by atoms with Gasteiger partial charge in [-0.25, -0.2) is 4.98 Å². The van der Waals surface area contributed by atoms with Crippen LogP contribution in [0.5, 0.6) is 0 Å². The summed E-state index contributed by atoms with van der Waals surface area (Å²) in [6.07, 6.45) is 0. The van der Waals surface area contributed by atoms with E-state index >= 15 is 0 Å². The van der Waals surface area contributed by atoms with Crippen molar-refractivity contribution in [1.82, 2.24) is 4.98 Å². The second kappa shape index (κ2) is 2.84. The molecule has 0 bridgehead atoms. The monoisotopic (exact) mass is 189 g/mol. The Kier molecular flexibility index (Phi) is 1.88. The molecule has 2 aromatic rings. The molecule has 0 amide bonds. The van der Waals surface area contributed by atoms with Gasteiger partial charge in [-0.15, -0.1) is 0 Å². The number of aryl methyl sites for hydroxylation is 1. The van der Waals surface area contributed by atoms with Gasteiger partial charge in [-0.05, 0) is 23.1 Å². The van der Waals surface area contributed by atoms with Gasteiger partial charge in [0.05, 0.1) is 0 Å². The predicted molar refractivity (Wildman–Crippen MR) is 57.4 cm³/mol. The summed E-state index contributed by atoms with van der Waals surface area (Å²) in [6.45, 7) is 8.46. The molecular weight excluding hydrogens is 174 g/mol. The van der Waals surface area contributed by atoms with Gasteiger partial charge in [0, 0.05) is 6.92 Å². The van der Waals surface area contributed by atoms with E-state index in [1.807, 2.05) is 13.0 Å². The molecule has 2 nitrogen and oxygen atoms in total. The third-order valence-corrected chi connectivity index (χ3v) is 2.36. The Labute approximate surface area is 84.0 Å². The lowest BCUT2D eigenvalue weighted by Gasteiger charge is -2.18. The van der Waals surface area contributed by atoms with E-state index in [2.05, 4.69) is 37.9 Å². The van der Waals surface area contributed by atoms with Crippen LogP contribution in [0.1, 0.15) is 32.2 Å². The fourth-order valence-corrected chi connectivity index (χ4v) is 1.51. The Bertz CT molecular complexity index is 463. The molecule has 1 heterocycles. The van der Waals surface area contributed by atoms with Crippen molar-refractivity contribution >= 4 is 11.1 Å². The highest BCUT2D eigenvalue weighted by Crippen LogP contribution is 2.25. The molecule has 0 radical (unpaired) electrons. The third-order valence-electron chi connectivity index (χ3n) is 2.36. The highest BCUT2D eigenvalue weighted by Gasteiger charge is 2.14. The zero-order chi connectivity index (χ0) is 10.3. The fraction of sp³-hybridized carbons (Fsp3) is 0.417. The molecule has 2 heteroatoms. The maximum absolute atomic E-state index is 5.42. The van der Waals surface area contributed by atoms with Crippen LogP contribution < -0.4 is 0 Å². The van der Waals surface area contributed by atoms with Crippen molar-refractivity contribution in [2.75, 3.05) is 0 Å². The predicted octanol–water partition coefficient (Wildman–Crippen LogP) is 3.43. The van der Waals surface area contributed by atoms with Crippen molar-refractivity contribution in [3.63, 3.8) is 0 Å². The zero-order valence-electron chi connectivity index (χ0n) is 9.09. The van der Waals surface area contributed by atoms with Gasteiger partial charge in [-0.2, -0.15) is 0 Å². The zero-order valence-corrected chi connectivity index (χ0v) is 9.09. The van der Waals surface area contributed by atoms with Gasteiger partial charge in [0.15, 0.2) is 11.5 Å². The van der Waals surface area contributed by atoms with Gasteiger partial charge < -0.3 is 4.42 Å². The molecular formula is C12H15NO. The number of aromatic nitrogens is 1. The molecule has 0 atom stereocenters. The minimum Gasteiger partial charge on any atom is -0.441 e. The van der Waals surface area contributed by atoms with Gasteiger partial charge in [0.1, 0.15) is 5.52 Å². The lowest BCUT2D eigenvalue weighted by atomic mass is 9.87. The van der Waals surface area contributed by atoms with Crippen LogP contribution in [0.2, 0.25) is 0 Å². The van der Waals surface area contributed by atoms with Gasteiger partial charge >= 0.3 is 0 Å². The number of fused-ring (bicyclic) bond motifs is 1. The van der Waals surface area contributed by atoms with E-state index in [4.69, 9.17) is 4.42 Å². The number of benzene rings is 1. The molecule has 0 fully saturated rings. The van der Waals surface area contributed by atoms with Crippen LogP contribution in [-0.2, 0) is 5.41 Å². The number of nitrogens with zero attached hydrogens (tertiary/aromatic N) is 1. The molecule has 0 N–H and O–H groups in total. The summed E-state index contributed by atoms with van der Waals surface area (Å²) in [5.74, 6) is 0.728. The number of hydrogen-bond acceptors (Lipinski definition) is 2. The molecule has 1 aromatic carbocycles. The molecule has 0 aliphatic carbocycles. The number of hydrogen-bond donors (Lipinski definition) is 0. The van der Waals surface area contributed by atoms with Crippen molar-refractivity contribution in [2.45, 2.75) is 33.1 Å². The van der Waals surface area contributed by atoms with E-state index < -0.39 is 0 Å². The van der Waals surface area contributed by atoms with E-state index in [9.17, 15) is 0 Å². The van der Waals surface area contributed by atoms with Crippen LogP contribution in [-0.4, -0.2) is 4.98 Å². The molecule has 74 valence electrons. The van der Waals surface area contributed by atoms with Gasteiger partial charge in [0.25, 0.3) is 0 Å². The average Bonchev–Trinajstić information content (AvgIpc) is 2.41. The Balaban J connectivity index is 2.62. The van der Waals surface area contributed by atoms with Crippen LogP contribution in [0.25, 0.3) is 11.1 Å². The summed E-state index contributed by atoms with van der Waals surface area (Å²) in [5.41, 5.74) is 3.28. The molecule has 2 rings (SSSR count). The molecule has 0 saturated heterocycles. The summed E-state index contributed by atoms with van der Waals surface area (Å²) in [6, 6.07) is 6.20. The first kappa shape index (κ1) is 9.25. The van der Waals surface area contributed by atoms with Crippen molar-refractivity contribution in [3.8, 4) is 0 Å². The summed E-state index contributed by atoms with van der Waals surface area (Å²) >= 11 is 0. The van der Waals surface area contributed by atoms with Gasteiger partial charge in [0.2, 0.25) is 0 Å². The van der Waals surface area contributed by atoms with E-state index in [1.54, 1.807) is 0 Å². The second-order valence-corrected chi connectivity index (χ2v) is 4.67. The topological polar surface area (TPSA) is 26.0 Å². The van der Waals surface area contributed by atoms with Crippen molar-refractivity contribution in [2.24, 2.45) is 0 Å². The second-order valence-electron chi connectivity index (χ2n) is 4.67. The standard InChI is InChI=1S/C12H15NO/c1-8-13-10-7-9(12(2,3)4)5-6-11(10)14-8/h5-7H,1-4H3. The van der Waals surface area contributed by atoms with Crippen LogP contribution in [0, 0.1) is 6.92 Å². The average molecular weight is 189 g/mol. The van der Waals surface area contributed by atoms with Crippen LogP contribution in [0.3, 0.4) is 0 Å². The van der Waals surface area contributed by atoms with E-state index in [-0.39, 0.29) is 5.41 Å². The van der Waals surface area contributed by atoms with Crippen LogP contribution >= 0.6 is 0 Å². The first-order chi connectivity index (χ1) is 6.47. The van der Waals surface area contributed by atoms with E-state index in [0.717, 1.165) is 17.0 Å². The van der Waals surface area contributed by atoms with Crippen molar-refractivity contribution < 1.29 is 4.42 Å². The van der Waals surface area contributed by atoms with Crippen LogP contribution in [0.4, 0.5) is 0 Å². The number of rotatable bonds is 0. The normalized spacial score (nSPS) is 12.3. The molecule has 0 saturated carbocycles. The van der Waals surface area contributed by atoms with Gasteiger partial charge in [-0.3, -0.25) is 0 Å². The minimum atomic E-state index is 0.168. The summed E-state index contributed by atoms with van der Waals surface area (Å²) in [7, 11) is 0. The smallest absolute Gasteiger partial charge is 0.192 e. The molecule has 0 spiro atoms. The summed E-state index contributed by atoms with van der Waals surface area (Å²) < 4.78 is 5.42. The highest BCUT2D eigenvalue weighted by atomic mass is 16.3. The molecule has 14 heavy (non-hydrogen) atoms. The van der Waals surface area contributed by atoms with Crippen molar-refractivity contribution in [3.05, 3.63) is 29.7 Å². The largest absolute Gasteiger partial charge is 0.441 e. The Hall–Kier alpha value is -1.31. The lowest BCUT2D eigenvalue weighted by molar-refractivity contribution is 0.560. The fourth-order valence-electron chi connectivity index (χ4n) is 1.51. The highest BCUT2D eigenvalue weighted by molar-refractivity contribution is 5.73. The van der Waals surface area contributed by atoms with E-state index in [0.29, 0.717) is 0 Å². The summed E-state index contributed by atoms with van der Waals surface area (Å²) in [4.78, 5) is 4.32. The van der Waals surface area contributed by atoms with E-state index in [1.165, 1.54) is 5.56 Å². The van der Waals surface area contributed by atoms with Crippen molar-refractivity contribution in [1.29, 1.82) is 0 Å². The molecule has 1 aromatic heterocycles. The number of oxazole rings is 1. The maximum atomic E-state index is 5.42.